The first-order valence-electron chi connectivity index (χ1n) is 5.12. The predicted octanol–water partition coefficient (Wildman–Crippen LogP) is 1.36. The first kappa shape index (κ1) is 10.2. The van der Waals surface area contributed by atoms with Crippen molar-refractivity contribution < 1.29 is 14.6 Å². The highest BCUT2D eigenvalue weighted by molar-refractivity contribution is 5.75. The van der Waals surface area contributed by atoms with Gasteiger partial charge in [-0.15, -0.1) is 0 Å². The number of carbonyl (C=O) groups excluding carboxylic acids is 1. The Morgan fingerprint density at radius 1 is 1.40 bits per heavy atom. The van der Waals surface area contributed by atoms with Gasteiger partial charge in [0.05, 0.1) is 5.92 Å². The van der Waals surface area contributed by atoms with E-state index in [1.807, 2.05) is 30.3 Å². The minimum atomic E-state index is -0.182. The fraction of sp³-hybridized carbons (Fsp3) is 0.417. The quantitative estimate of drug-likeness (QED) is 0.756. The Hall–Kier alpha value is -1.35. The summed E-state index contributed by atoms with van der Waals surface area (Å²) >= 11 is 0. The van der Waals surface area contributed by atoms with Crippen LogP contribution >= 0.6 is 0 Å². The summed E-state index contributed by atoms with van der Waals surface area (Å²) in [5.41, 5.74) is 0.993. The number of rotatable bonds is 4. The lowest BCUT2D eigenvalue weighted by Crippen LogP contribution is -2.09. The Kier molecular flexibility index (Phi) is 3.02. The van der Waals surface area contributed by atoms with E-state index in [0.29, 0.717) is 6.61 Å². The topological polar surface area (TPSA) is 46.5 Å². The normalized spacial score (nSPS) is 23.5. The number of carbonyl (C=O) groups is 1. The van der Waals surface area contributed by atoms with Gasteiger partial charge in [0.15, 0.2) is 0 Å². The Bertz CT molecular complexity index is 334. The molecular formula is C12H14O3. The van der Waals surface area contributed by atoms with Crippen molar-refractivity contribution in [2.75, 3.05) is 6.61 Å². The molecule has 1 aromatic rings. The molecule has 0 spiro atoms. The Morgan fingerprint density at radius 2 is 2.13 bits per heavy atom. The molecule has 1 fully saturated rings. The van der Waals surface area contributed by atoms with E-state index in [9.17, 15) is 4.79 Å². The van der Waals surface area contributed by atoms with Crippen LogP contribution in [-0.2, 0) is 16.1 Å². The number of benzene rings is 1. The fourth-order valence-electron chi connectivity index (χ4n) is 1.57. The largest absolute Gasteiger partial charge is 0.461 e. The van der Waals surface area contributed by atoms with Crippen molar-refractivity contribution in [3.63, 3.8) is 0 Å². The maximum Gasteiger partial charge on any atom is 0.309 e. The molecule has 3 nitrogen and oxygen atoms in total. The number of hydrogen-bond acceptors (Lipinski definition) is 3. The lowest BCUT2D eigenvalue weighted by Gasteiger charge is -2.03. The second kappa shape index (κ2) is 4.45. The molecule has 1 aliphatic rings. The van der Waals surface area contributed by atoms with Gasteiger partial charge in [-0.2, -0.15) is 0 Å². The lowest BCUT2D eigenvalue weighted by atomic mass is 10.2. The minimum Gasteiger partial charge on any atom is -0.461 e. The van der Waals surface area contributed by atoms with Crippen LogP contribution in [0, 0.1) is 11.8 Å². The van der Waals surface area contributed by atoms with Crippen LogP contribution in [0.5, 0.6) is 0 Å². The molecular weight excluding hydrogens is 192 g/mol. The molecule has 0 heterocycles. The second-order valence-corrected chi connectivity index (χ2v) is 3.88. The van der Waals surface area contributed by atoms with Crippen molar-refractivity contribution in [3.05, 3.63) is 35.9 Å². The van der Waals surface area contributed by atoms with Gasteiger partial charge in [-0.1, -0.05) is 30.3 Å². The lowest BCUT2D eigenvalue weighted by molar-refractivity contribution is -0.147. The molecule has 0 aliphatic heterocycles. The summed E-state index contributed by atoms with van der Waals surface area (Å²) in [6, 6.07) is 9.59. The zero-order valence-corrected chi connectivity index (χ0v) is 8.43. The zero-order valence-electron chi connectivity index (χ0n) is 8.43. The molecule has 0 saturated heterocycles. The van der Waals surface area contributed by atoms with Crippen molar-refractivity contribution in [2.45, 2.75) is 13.0 Å². The third-order valence-electron chi connectivity index (χ3n) is 2.68. The Balaban J connectivity index is 1.77. The first-order chi connectivity index (χ1) is 7.31. The summed E-state index contributed by atoms with van der Waals surface area (Å²) in [4.78, 5) is 11.4. The van der Waals surface area contributed by atoms with Crippen LogP contribution in [0.25, 0.3) is 0 Å². The molecule has 15 heavy (non-hydrogen) atoms. The average molecular weight is 206 g/mol. The van der Waals surface area contributed by atoms with E-state index in [4.69, 9.17) is 9.84 Å². The van der Waals surface area contributed by atoms with Crippen LogP contribution in [0.4, 0.5) is 0 Å². The Morgan fingerprint density at radius 3 is 2.73 bits per heavy atom. The number of aliphatic hydroxyl groups excluding tert-OH is 1. The molecule has 2 unspecified atom stereocenters. The Labute approximate surface area is 88.7 Å². The second-order valence-electron chi connectivity index (χ2n) is 3.88. The molecule has 1 N–H and O–H groups in total. The predicted molar refractivity (Wildman–Crippen MR) is 54.9 cm³/mol. The van der Waals surface area contributed by atoms with E-state index in [1.54, 1.807) is 0 Å². The molecule has 2 atom stereocenters. The van der Waals surface area contributed by atoms with Crippen LogP contribution < -0.4 is 0 Å². The summed E-state index contributed by atoms with van der Waals surface area (Å²) in [6.45, 7) is 0.416. The molecule has 1 aromatic carbocycles. The summed E-state index contributed by atoms with van der Waals surface area (Å²) in [5.74, 6) is -0.120. The van der Waals surface area contributed by atoms with Crippen LogP contribution in [0.3, 0.4) is 0 Å². The van der Waals surface area contributed by atoms with E-state index in [-0.39, 0.29) is 24.4 Å². The molecule has 1 aliphatic carbocycles. The van der Waals surface area contributed by atoms with Crippen molar-refractivity contribution >= 4 is 5.97 Å². The van der Waals surface area contributed by atoms with E-state index >= 15 is 0 Å². The van der Waals surface area contributed by atoms with Gasteiger partial charge in [0.1, 0.15) is 6.61 Å². The SMILES string of the molecule is O=C(OCc1ccccc1)C1CC1CO. The maximum absolute atomic E-state index is 11.4. The van der Waals surface area contributed by atoms with E-state index < -0.39 is 0 Å². The zero-order chi connectivity index (χ0) is 10.7. The summed E-state index contributed by atoms with van der Waals surface area (Å²) in [5, 5.41) is 8.80. The van der Waals surface area contributed by atoms with Gasteiger partial charge >= 0.3 is 5.97 Å². The van der Waals surface area contributed by atoms with Crippen molar-refractivity contribution in [1.82, 2.24) is 0 Å². The van der Waals surface area contributed by atoms with E-state index in [0.717, 1.165) is 12.0 Å². The average Bonchev–Trinajstić information content (AvgIpc) is 3.06. The summed E-state index contributed by atoms with van der Waals surface area (Å²) in [7, 11) is 0. The maximum atomic E-state index is 11.4. The van der Waals surface area contributed by atoms with Gasteiger partial charge in [-0.3, -0.25) is 4.79 Å². The molecule has 0 aromatic heterocycles. The minimum absolute atomic E-state index is 0.0706. The van der Waals surface area contributed by atoms with Gasteiger partial charge < -0.3 is 9.84 Å². The molecule has 80 valence electrons. The number of hydrogen-bond donors (Lipinski definition) is 1. The van der Waals surface area contributed by atoms with Gasteiger partial charge in [0.25, 0.3) is 0 Å². The van der Waals surface area contributed by atoms with Gasteiger partial charge in [-0.25, -0.2) is 0 Å². The number of esters is 1. The standard InChI is InChI=1S/C12H14O3/c13-7-10-6-11(10)12(14)15-8-9-4-2-1-3-5-9/h1-5,10-11,13H,6-8H2. The van der Waals surface area contributed by atoms with Gasteiger partial charge in [0, 0.05) is 6.61 Å². The van der Waals surface area contributed by atoms with Gasteiger partial charge in [-0.05, 0) is 17.9 Å². The van der Waals surface area contributed by atoms with Crippen LogP contribution in [-0.4, -0.2) is 17.7 Å². The molecule has 0 amide bonds. The molecule has 2 rings (SSSR count). The van der Waals surface area contributed by atoms with E-state index in [1.165, 1.54) is 0 Å². The molecule has 0 bridgehead atoms. The van der Waals surface area contributed by atoms with Crippen molar-refractivity contribution in [2.24, 2.45) is 11.8 Å². The molecule has 3 heteroatoms. The highest BCUT2D eigenvalue weighted by Gasteiger charge is 2.43. The van der Waals surface area contributed by atoms with E-state index in [2.05, 4.69) is 0 Å². The smallest absolute Gasteiger partial charge is 0.309 e. The molecule has 0 radical (unpaired) electrons. The summed E-state index contributed by atoms with van der Waals surface area (Å²) in [6.07, 6.45) is 0.768. The monoisotopic (exact) mass is 206 g/mol. The fourth-order valence-corrected chi connectivity index (χ4v) is 1.57. The van der Waals surface area contributed by atoms with Crippen LogP contribution in [0.2, 0.25) is 0 Å². The van der Waals surface area contributed by atoms with Crippen molar-refractivity contribution in [3.8, 4) is 0 Å². The highest BCUT2D eigenvalue weighted by Crippen LogP contribution is 2.38. The molecule has 1 saturated carbocycles. The highest BCUT2D eigenvalue weighted by atomic mass is 16.5. The van der Waals surface area contributed by atoms with Crippen LogP contribution in [0.1, 0.15) is 12.0 Å². The third-order valence-corrected chi connectivity index (χ3v) is 2.68. The number of aliphatic hydroxyl groups is 1. The van der Waals surface area contributed by atoms with Gasteiger partial charge in [0.2, 0.25) is 0 Å². The number of ether oxygens (including phenoxy) is 1. The van der Waals surface area contributed by atoms with Crippen LogP contribution in [0.15, 0.2) is 30.3 Å². The van der Waals surface area contributed by atoms with Crippen molar-refractivity contribution in [1.29, 1.82) is 0 Å². The first-order valence-corrected chi connectivity index (χ1v) is 5.12. The third kappa shape index (κ3) is 2.57. The summed E-state index contributed by atoms with van der Waals surface area (Å²) < 4.78 is 5.13.